The number of nitrogens with two attached hydrogens (primary N) is 1. The highest BCUT2D eigenvalue weighted by Gasteiger charge is 2.35. The first-order chi connectivity index (χ1) is 11.6. The van der Waals surface area contributed by atoms with Gasteiger partial charge in [-0.05, 0) is 37.8 Å². The molecule has 1 aliphatic heterocycles. The Morgan fingerprint density at radius 1 is 1.12 bits per heavy atom. The van der Waals surface area contributed by atoms with E-state index in [1.54, 1.807) is 0 Å². The number of piperidine rings is 1. The van der Waals surface area contributed by atoms with Crippen LogP contribution in [0.5, 0.6) is 0 Å². The van der Waals surface area contributed by atoms with Crippen LogP contribution in [0.4, 0.5) is 0 Å². The second-order valence-corrected chi connectivity index (χ2v) is 7.12. The van der Waals surface area contributed by atoms with E-state index in [0.717, 1.165) is 19.4 Å². The first kappa shape index (κ1) is 17.2. The Kier molecular flexibility index (Phi) is 5.34. The third kappa shape index (κ3) is 4.04. The van der Waals surface area contributed by atoms with E-state index in [0.29, 0.717) is 13.2 Å². The number of benzene rings is 2. The van der Waals surface area contributed by atoms with Crippen molar-refractivity contribution in [2.75, 3.05) is 13.2 Å². The van der Waals surface area contributed by atoms with Gasteiger partial charge in [0.2, 0.25) is 0 Å². The Morgan fingerprint density at radius 3 is 2.46 bits per heavy atom. The van der Waals surface area contributed by atoms with Gasteiger partial charge in [0.25, 0.3) is 0 Å². The molecule has 3 rings (SSSR count). The van der Waals surface area contributed by atoms with Crippen molar-refractivity contribution in [3.05, 3.63) is 70.8 Å². The Labute approximate surface area is 145 Å². The summed E-state index contributed by atoms with van der Waals surface area (Å²) in [4.78, 5) is 0. The van der Waals surface area contributed by atoms with E-state index in [9.17, 15) is 0 Å². The average molecular weight is 324 g/mol. The van der Waals surface area contributed by atoms with Crippen LogP contribution in [0.3, 0.4) is 0 Å². The van der Waals surface area contributed by atoms with Crippen molar-refractivity contribution in [1.82, 2.24) is 5.32 Å². The third-order valence-electron chi connectivity index (χ3n) is 4.87. The van der Waals surface area contributed by atoms with Gasteiger partial charge in [0.15, 0.2) is 0 Å². The lowest BCUT2D eigenvalue weighted by atomic mass is 9.82. The molecular weight excluding hydrogens is 296 g/mol. The van der Waals surface area contributed by atoms with Gasteiger partial charge in [0, 0.05) is 12.6 Å². The Hall–Kier alpha value is -1.68. The number of rotatable bonds is 5. The molecular formula is C21H28N2O. The zero-order valence-corrected chi connectivity index (χ0v) is 14.7. The summed E-state index contributed by atoms with van der Waals surface area (Å²) in [6, 6.07) is 17.4. The highest BCUT2D eigenvalue weighted by Crippen LogP contribution is 2.30. The topological polar surface area (TPSA) is 47.3 Å². The van der Waals surface area contributed by atoms with Crippen LogP contribution >= 0.6 is 0 Å². The second kappa shape index (κ2) is 7.47. The third-order valence-corrected chi connectivity index (χ3v) is 4.87. The molecule has 0 spiro atoms. The van der Waals surface area contributed by atoms with Crippen molar-refractivity contribution in [3.8, 4) is 0 Å². The molecule has 1 fully saturated rings. The summed E-state index contributed by atoms with van der Waals surface area (Å²) >= 11 is 0. The summed E-state index contributed by atoms with van der Waals surface area (Å²) in [7, 11) is 0. The molecule has 0 saturated carbocycles. The molecule has 3 N–H and O–H groups in total. The Bertz CT molecular complexity index is 641. The average Bonchev–Trinajstić information content (AvgIpc) is 2.57. The van der Waals surface area contributed by atoms with Gasteiger partial charge in [-0.25, -0.2) is 0 Å². The van der Waals surface area contributed by atoms with Gasteiger partial charge in [0.1, 0.15) is 0 Å². The molecule has 0 unspecified atom stereocenters. The smallest absolute Gasteiger partial charge is 0.0718 e. The van der Waals surface area contributed by atoms with Gasteiger partial charge in [-0.2, -0.15) is 0 Å². The van der Waals surface area contributed by atoms with Crippen molar-refractivity contribution in [2.24, 2.45) is 5.73 Å². The Morgan fingerprint density at radius 2 is 1.83 bits per heavy atom. The number of aryl methyl sites for hydroxylation is 2. The van der Waals surface area contributed by atoms with Gasteiger partial charge < -0.3 is 15.8 Å². The zero-order valence-electron chi connectivity index (χ0n) is 14.7. The Balaban J connectivity index is 1.71. The molecule has 1 saturated heterocycles. The summed E-state index contributed by atoms with van der Waals surface area (Å²) in [5.74, 6) is 0. The van der Waals surface area contributed by atoms with E-state index in [-0.39, 0.29) is 11.6 Å². The molecule has 128 valence electrons. The van der Waals surface area contributed by atoms with Crippen LogP contribution < -0.4 is 11.1 Å². The minimum Gasteiger partial charge on any atom is -0.374 e. The molecule has 0 bridgehead atoms. The van der Waals surface area contributed by atoms with Crippen molar-refractivity contribution in [2.45, 2.75) is 44.9 Å². The molecule has 0 aliphatic carbocycles. The SMILES string of the molecule is Cc1cc(C)cc(COC[C@@]2(c3ccccc3)CC[C@H](N)CN2)c1. The maximum atomic E-state index is 6.16. The number of ether oxygens (including phenoxy) is 1. The molecule has 2 aromatic carbocycles. The number of nitrogens with one attached hydrogen (secondary N) is 1. The van der Waals surface area contributed by atoms with Crippen molar-refractivity contribution < 1.29 is 4.74 Å². The normalized spacial score (nSPS) is 24.0. The monoisotopic (exact) mass is 324 g/mol. The summed E-state index contributed by atoms with van der Waals surface area (Å²) in [6.45, 7) is 6.40. The predicted octanol–water partition coefficient (Wildman–Crippen LogP) is 3.43. The van der Waals surface area contributed by atoms with Crippen LogP contribution in [-0.2, 0) is 16.9 Å². The van der Waals surface area contributed by atoms with Crippen LogP contribution in [0.1, 0.15) is 35.1 Å². The van der Waals surface area contributed by atoms with Crippen LogP contribution in [0.2, 0.25) is 0 Å². The quantitative estimate of drug-likeness (QED) is 0.886. The zero-order chi connectivity index (χ0) is 17.0. The fraction of sp³-hybridized carbons (Fsp3) is 0.429. The van der Waals surface area contributed by atoms with E-state index >= 15 is 0 Å². The van der Waals surface area contributed by atoms with Gasteiger partial charge in [-0.1, -0.05) is 59.7 Å². The highest BCUT2D eigenvalue weighted by atomic mass is 16.5. The van der Waals surface area contributed by atoms with E-state index in [1.807, 2.05) is 0 Å². The second-order valence-electron chi connectivity index (χ2n) is 7.12. The van der Waals surface area contributed by atoms with E-state index in [2.05, 4.69) is 67.7 Å². The molecule has 0 aromatic heterocycles. The maximum Gasteiger partial charge on any atom is 0.0718 e. The number of hydrogen-bond acceptors (Lipinski definition) is 3. The van der Waals surface area contributed by atoms with Crippen LogP contribution in [0, 0.1) is 13.8 Å². The standard InChI is InChI=1S/C21H28N2O/c1-16-10-17(2)12-18(11-16)14-24-15-21(9-8-20(22)13-23-21)19-6-4-3-5-7-19/h3-7,10-12,20,23H,8-9,13-15,22H2,1-2H3/t20-,21+/m0/s1. The van der Waals surface area contributed by atoms with E-state index < -0.39 is 0 Å². The van der Waals surface area contributed by atoms with Crippen molar-refractivity contribution in [1.29, 1.82) is 0 Å². The predicted molar refractivity (Wildman–Crippen MR) is 98.9 cm³/mol. The van der Waals surface area contributed by atoms with Crippen molar-refractivity contribution >= 4 is 0 Å². The molecule has 2 atom stereocenters. The molecule has 24 heavy (non-hydrogen) atoms. The molecule has 0 radical (unpaired) electrons. The first-order valence-electron chi connectivity index (χ1n) is 8.78. The molecule has 1 heterocycles. The largest absolute Gasteiger partial charge is 0.374 e. The van der Waals surface area contributed by atoms with Gasteiger partial charge in [0.05, 0.1) is 18.8 Å². The van der Waals surface area contributed by atoms with Crippen molar-refractivity contribution in [3.63, 3.8) is 0 Å². The minimum absolute atomic E-state index is 0.129. The van der Waals surface area contributed by atoms with Gasteiger partial charge in [-0.15, -0.1) is 0 Å². The summed E-state index contributed by atoms with van der Waals surface area (Å²) in [5.41, 5.74) is 11.1. The minimum atomic E-state index is -0.129. The fourth-order valence-electron chi connectivity index (χ4n) is 3.65. The lowest BCUT2D eigenvalue weighted by Gasteiger charge is -2.40. The maximum absolute atomic E-state index is 6.16. The van der Waals surface area contributed by atoms with E-state index in [4.69, 9.17) is 10.5 Å². The lowest BCUT2D eigenvalue weighted by molar-refractivity contribution is 0.0401. The van der Waals surface area contributed by atoms with Crippen LogP contribution in [-0.4, -0.2) is 19.2 Å². The molecule has 1 aliphatic rings. The molecule has 2 aromatic rings. The molecule has 3 heteroatoms. The van der Waals surface area contributed by atoms with Crippen LogP contribution in [0.25, 0.3) is 0 Å². The van der Waals surface area contributed by atoms with Crippen LogP contribution in [0.15, 0.2) is 48.5 Å². The lowest BCUT2D eigenvalue weighted by Crippen LogP contribution is -2.55. The summed E-state index contributed by atoms with van der Waals surface area (Å²) in [5, 5.41) is 3.66. The molecule has 3 nitrogen and oxygen atoms in total. The number of hydrogen-bond donors (Lipinski definition) is 2. The summed E-state index contributed by atoms with van der Waals surface area (Å²) in [6.07, 6.45) is 2.03. The fourth-order valence-corrected chi connectivity index (χ4v) is 3.65. The van der Waals surface area contributed by atoms with E-state index in [1.165, 1.54) is 22.3 Å². The van der Waals surface area contributed by atoms with Gasteiger partial charge in [-0.3, -0.25) is 0 Å². The first-order valence-corrected chi connectivity index (χ1v) is 8.78. The van der Waals surface area contributed by atoms with Gasteiger partial charge >= 0.3 is 0 Å². The highest BCUT2D eigenvalue weighted by molar-refractivity contribution is 5.28. The summed E-state index contributed by atoms with van der Waals surface area (Å²) < 4.78 is 6.16. The molecule has 0 amide bonds.